The van der Waals surface area contributed by atoms with Gasteiger partial charge in [0.1, 0.15) is 5.82 Å². The minimum absolute atomic E-state index is 0.124. The van der Waals surface area contributed by atoms with E-state index >= 15 is 0 Å². The topological polar surface area (TPSA) is 88.1 Å². The van der Waals surface area contributed by atoms with E-state index in [0.717, 1.165) is 70.3 Å². The first-order valence-corrected chi connectivity index (χ1v) is 13.1. The SMILES string of the molecule is O=S(=O)(c1ccc(NC2C[C@@H]3CN(Cc4ccccn4)C[C@@H]3C2)nn1)C1CCCCC1. The number of hydrogen-bond acceptors (Lipinski definition) is 7. The molecule has 3 fully saturated rings. The van der Waals surface area contributed by atoms with E-state index in [4.69, 9.17) is 0 Å². The Balaban J connectivity index is 1.14. The van der Waals surface area contributed by atoms with Crippen LogP contribution in [0.15, 0.2) is 41.6 Å². The summed E-state index contributed by atoms with van der Waals surface area (Å²) in [6.07, 6.45) is 8.68. The van der Waals surface area contributed by atoms with Crippen molar-refractivity contribution in [3.63, 3.8) is 0 Å². The quantitative estimate of drug-likeness (QED) is 0.736. The molecule has 2 aliphatic carbocycles. The minimum Gasteiger partial charge on any atom is -0.366 e. The van der Waals surface area contributed by atoms with Crippen LogP contribution in [-0.4, -0.2) is 52.9 Å². The van der Waals surface area contributed by atoms with Crippen molar-refractivity contribution in [3.8, 4) is 0 Å². The molecule has 166 valence electrons. The average molecular weight is 442 g/mol. The Labute approximate surface area is 184 Å². The third-order valence-corrected chi connectivity index (χ3v) is 9.36. The maximum atomic E-state index is 12.8. The van der Waals surface area contributed by atoms with Crippen LogP contribution < -0.4 is 5.32 Å². The lowest BCUT2D eigenvalue weighted by atomic mass is 10.0. The van der Waals surface area contributed by atoms with Gasteiger partial charge in [0.05, 0.1) is 10.9 Å². The van der Waals surface area contributed by atoms with E-state index in [0.29, 0.717) is 23.7 Å². The largest absolute Gasteiger partial charge is 0.366 e. The van der Waals surface area contributed by atoms with Gasteiger partial charge in [-0.15, -0.1) is 10.2 Å². The molecule has 31 heavy (non-hydrogen) atoms. The van der Waals surface area contributed by atoms with Gasteiger partial charge in [-0.3, -0.25) is 9.88 Å². The van der Waals surface area contributed by atoms with Crippen molar-refractivity contribution in [2.75, 3.05) is 18.4 Å². The molecule has 7 nitrogen and oxygen atoms in total. The number of sulfone groups is 1. The fraction of sp³-hybridized carbons (Fsp3) is 0.609. The van der Waals surface area contributed by atoms with E-state index in [1.54, 1.807) is 12.1 Å². The van der Waals surface area contributed by atoms with Crippen molar-refractivity contribution in [1.29, 1.82) is 0 Å². The number of hydrogen-bond donors (Lipinski definition) is 1. The first-order valence-electron chi connectivity index (χ1n) is 11.5. The van der Waals surface area contributed by atoms with Crippen molar-refractivity contribution < 1.29 is 8.42 Å². The smallest absolute Gasteiger partial charge is 0.200 e. The fourth-order valence-electron chi connectivity index (χ4n) is 5.67. The number of nitrogens with one attached hydrogen (secondary N) is 1. The Morgan fingerprint density at radius 2 is 1.74 bits per heavy atom. The number of rotatable bonds is 6. The molecule has 3 aliphatic rings. The van der Waals surface area contributed by atoms with E-state index in [2.05, 4.69) is 31.5 Å². The molecule has 0 bridgehead atoms. The molecule has 1 N–H and O–H groups in total. The molecule has 0 amide bonds. The van der Waals surface area contributed by atoms with Gasteiger partial charge >= 0.3 is 0 Å². The van der Waals surface area contributed by atoms with E-state index in [9.17, 15) is 8.42 Å². The lowest BCUT2D eigenvalue weighted by molar-refractivity contribution is 0.297. The predicted octanol–water partition coefficient (Wildman–Crippen LogP) is 3.30. The van der Waals surface area contributed by atoms with Crippen molar-refractivity contribution in [2.24, 2.45) is 11.8 Å². The normalized spacial score (nSPS) is 27.3. The van der Waals surface area contributed by atoms with Gasteiger partial charge in [0.25, 0.3) is 0 Å². The zero-order chi connectivity index (χ0) is 21.3. The maximum Gasteiger partial charge on any atom is 0.200 e. The number of nitrogens with zero attached hydrogens (tertiary/aromatic N) is 4. The van der Waals surface area contributed by atoms with E-state index < -0.39 is 9.84 Å². The Morgan fingerprint density at radius 3 is 2.39 bits per heavy atom. The summed E-state index contributed by atoms with van der Waals surface area (Å²) in [7, 11) is -3.36. The first kappa shape index (κ1) is 20.8. The molecule has 3 atom stereocenters. The highest BCUT2D eigenvalue weighted by Gasteiger charge is 2.41. The van der Waals surface area contributed by atoms with Crippen molar-refractivity contribution >= 4 is 15.7 Å². The lowest BCUT2D eigenvalue weighted by Crippen LogP contribution is -2.26. The van der Waals surface area contributed by atoms with Gasteiger partial charge in [-0.1, -0.05) is 25.3 Å². The Hall–Kier alpha value is -2.06. The monoisotopic (exact) mass is 441 g/mol. The molecule has 0 spiro atoms. The van der Waals surface area contributed by atoms with Gasteiger partial charge in [0.15, 0.2) is 14.9 Å². The fourth-order valence-corrected chi connectivity index (χ4v) is 7.38. The second kappa shape index (κ2) is 8.82. The number of aromatic nitrogens is 3. The van der Waals surface area contributed by atoms with Crippen LogP contribution >= 0.6 is 0 Å². The molecule has 2 saturated carbocycles. The van der Waals surface area contributed by atoms with Crippen molar-refractivity contribution in [1.82, 2.24) is 20.1 Å². The van der Waals surface area contributed by atoms with Crippen LogP contribution in [0.5, 0.6) is 0 Å². The molecule has 8 heteroatoms. The second-order valence-corrected chi connectivity index (χ2v) is 11.6. The third-order valence-electron chi connectivity index (χ3n) is 7.21. The number of fused-ring (bicyclic) bond motifs is 1. The molecule has 1 unspecified atom stereocenters. The third kappa shape index (κ3) is 4.60. The molecule has 2 aromatic rings. The summed E-state index contributed by atoms with van der Waals surface area (Å²) in [6, 6.07) is 9.89. The highest BCUT2D eigenvalue weighted by atomic mass is 32.2. The predicted molar refractivity (Wildman–Crippen MR) is 119 cm³/mol. The molecular weight excluding hydrogens is 410 g/mol. The van der Waals surface area contributed by atoms with Crippen LogP contribution in [-0.2, 0) is 16.4 Å². The van der Waals surface area contributed by atoms with Gasteiger partial charge in [-0.25, -0.2) is 8.42 Å². The Morgan fingerprint density at radius 1 is 0.968 bits per heavy atom. The molecule has 1 aliphatic heterocycles. The summed E-state index contributed by atoms with van der Waals surface area (Å²) < 4.78 is 25.6. The molecular formula is C23H31N5O2S. The maximum absolute atomic E-state index is 12.8. The van der Waals surface area contributed by atoms with Gasteiger partial charge < -0.3 is 5.32 Å². The highest BCUT2D eigenvalue weighted by molar-refractivity contribution is 7.92. The van der Waals surface area contributed by atoms with Crippen LogP contribution in [0.25, 0.3) is 0 Å². The molecule has 2 aromatic heterocycles. The number of pyridine rings is 1. The number of likely N-dealkylation sites (tertiary alicyclic amines) is 1. The van der Waals surface area contributed by atoms with Crippen LogP contribution in [0.2, 0.25) is 0 Å². The van der Waals surface area contributed by atoms with Crippen molar-refractivity contribution in [2.45, 2.75) is 67.8 Å². The van der Waals surface area contributed by atoms with Crippen LogP contribution in [0.3, 0.4) is 0 Å². The Kier molecular flexibility index (Phi) is 5.93. The molecule has 1 saturated heterocycles. The van der Waals surface area contributed by atoms with Crippen LogP contribution in [0.1, 0.15) is 50.6 Å². The summed E-state index contributed by atoms with van der Waals surface area (Å²) in [6.45, 7) is 3.15. The summed E-state index contributed by atoms with van der Waals surface area (Å²) >= 11 is 0. The first-order chi connectivity index (χ1) is 15.1. The number of anilines is 1. The highest BCUT2D eigenvalue weighted by Crippen LogP contribution is 2.39. The average Bonchev–Trinajstić information content (AvgIpc) is 3.33. The summed E-state index contributed by atoms with van der Waals surface area (Å²) in [5.41, 5.74) is 1.13. The van der Waals surface area contributed by atoms with Crippen LogP contribution in [0, 0.1) is 11.8 Å². The lowest BCUT2D eigenvalue weighted by Gasteiger charge is -2.21. The van der Waals surface area contributed by atoms with E-state index in [-0.39, 0.29) is 10.3 Å². The molecule has 0 radical (unpaired) electrons. The molecule has 0 aromatic carbocycles. The second-order valence-electron chi connectivity index (χ2n) is 9.41. The van der Waals surface area contributed by atoms with E-state index in [1.807, 2.05) is 18.3 Å². The van der Waals surface area contributed by atoms with Gasteiger partial charge in [0.2, 0.25) is 0 Å². The van der Waals surface area contributed by atoms with Gasteiger partial charge in [-0.05, 0) is 61.8 Å². The summed E-state index contributed by atoms with van der Waals surface area (Å²) in [4.78, 5) is 6.96. The minimum atomic E-state index is -3.36. The van der Waals surface area contributed by atoms with Crippen molar-refractivity contribution in [3.05, 3.63) is 42.2 Å². The zero-order valence-corrected chi connectivity index (χ0v) is 18.7. The summed E-state index contributed by atoms with van der Waals surface area (Å²) in [5.74, 6) is 2.07. The molecule has 5 rings (SSSR count). The molecule has 3 heterocycles. The van der Waals surface area contributed by atoms with E-state index in [1.165, 1.54) is 0 Å². The van der Waals surface area contributed by atoms with Crippen LogP contribution in [0.4, 0.5) is 5.82 Å². The van der Waals surface area contributed by atoms with Gasteiger partial charge in [-0.2, -0.15) is 0 Å². The Bertz CT molecular complexity index is 963. The standard InChI is InChI=1S/C23H31N5O2S/c29-31(30,21-7-2-1-3-8-21)23-10-9-22(26-27-23)25-20-12-17-14-28(15-18(17)13-20)16-19-6-4-5-11-24-19/h4-6,9-11,17-18,20-21H,1-3,7-8,12-16H2,(H,25,26)/t17-,18+,20?. The van der Waals surface area contributed by atoms with Gasteiger partial charge in [0, 0.05) is 31.9 Å². The summed E-state index contributed by atoms with van der Waals surface area (Å²) in [5, 5.41) is 11.6. The zero-order valence-electron chi connectivity index (χ0n) is 17.9.